The number of nitrogens with one attached hydrogen (secondary N) is 1. The van der Waals surface area contributed by atoms with Gasteiger partial charge in [-0.1, -0.05) is 6.07 Å². The number of nitrogen functional groups attached to an aromatic ring is 1. The Kier molecular flexibility index (Phi) is 2.87. The van der Waals surface area contributed by atoms with Crippen molar-refractivity contribution in [2.24, 2.45) is 11.3 Å². The zero-order valence-corrected chi connectivity index (χ0v) is 12.0. The van der Waals surface area contributed by atoms with E-state index in [1.807, 2.05) is 0 Å². The molecule has 2 aliphatic carbocycles. The average Bonchev–Trinajstić information content (AvgIpc) is 3.23. The average molecular weight is 280 g/mol. The Morgan fingerprint density at radius 3 is 2.63 bits per heavy atom. The van der Waals surface area contributed by atoms with Crippen LogP contribution >= 0.6 is 0 Å². The molecule has 0 amide bonds. The van der Waals surface area contributed by atoms with Crippen molar-refractivity contribution in [2.45, 2.75) is 37.5 Å². The maximum absolute atomic E-state index is 12.4. The lowest BCUT2D eigenvalue weighted by Crippen LogP contribution is -2.31. The fraction of sp³-hybridized carbons (Fsp3) is 0.571. The molecule has 0 bridgehead atoms. The standard InChI is InChI=1S/C14H20N2O2S/c1-10-12(15)3-2-4-13(10)19(17,18)16-9-14(7-8-14)11-5-6-11/h2-4,11,16H,5-9,15H2,1H3. The highest BCUT2D eigenvalue weighted by Gasteiger charge is 2.53. The summed E-state index contributed by atoms with van der Waals surface area (Å²) >= 11 is 0. The number of hydrogen-bond acceptors (Lipinski definition) is 3. The molecule has 0 aromatic heterocycles. The molecule has 19 heavy (non-hydrogen) atoms. The highest BCUT2D eigenvalue weighted by molar-refractivity contribution is 7.89. The summed E-state index contributed by atoms with van der Waals surface area (Å²) in [7, 11) is -3.44. The van der Waals surface area contributed by atoms with Crippen LogP contribution in [0.25, 0.3) is 0 Å². The van der Waals surface area contributed by atoms with E-state index in [-0.39, 0.29) is 5.41 Å². The van der Waals surface area contributed by atoms with E-state index in [1.165, 1.54) is 12.8 Å². The Balaban J connectivity index is 1.77. The monoisotopic (exact) mass is 280 g/mol. The molecule has 104 valence electrons. The third-order valence-corrected chi connectivity index (χ3v) is 6.11. The number of sulfonamides is 1. The molecule has 2 saturated carbocycles. The predicted molar refractivity (Wildman–Crippen MR) is 75.2 cm³/mol. The van der Waals surface area contributed by atoms with Gasteiger partial charge in [0.1, 0.15) is 0 Å². The van der Waals surface area contributed by atoms with Gasteiger partial charge >= 0.3 is 0 Å². The van der Waals surface area contributed by atoms with Gasteiger partial charge in [-0.15, -0.1) is 0 Å². The molecular weight excluding hydrogens is 260 g/mol. The minimum atomic E-state index is -3.44. The largest absolute Gasteiger partial charge is 0.398 e. The van der Waals surface area contributed by atoms with E-state index >= 15 is 0 Å². The Morgan fingerprint density at radius 1 is 1.37 bits per heavy atom. The van der Waals surface area contributed by atoms with E-state index in [2.05, 4.69) is 4.72 Å². The molecule has 2 aliphatic rings. The van der Waals surface area contributed by atoms with Gasteiger partial charge in [0.25, 0.3) is 0 Å². The van der Waals surface area contributed by atoms with Crippen LogP contribution in [0.2, 0.25) is 0 Å². The highest BCUT2D eigenvalue weighted by atomic mass is 32.2. The van der Waals surface area contributed by atoms with Crippen LogP contribution in [0.5, 0.6) is 0 Å². The maximum Gasteiger partial charge on any atom is 0.240 e. The molecule has 2 fully saturated rings. The first kappa shape index (κ1) is 12.9. The second-order valence-electron chi connectivity index (χ2n) is 5.93. The lowest BCUT2D eigenvalue weighted by molar-refractivity contribution is 0.432. The van der Waals surface area contributed by atoms with Crippen LogP contribution < -0.4 is 10.5 Å². The molecule has 0 saturated heterocycles. The number of benzene rings is 1. The summed E-state index contributed by atoms with van der Waals surface area (Å²) in [6, 6.07) is 5.02. The van der Waals surface area contributed by atoms with Crippen LogP contribution in [0.1, 0.15) is 31.2 Å². The third kappa shape index (κ3) is 2.37. The fourth-order valence-corrected chi connectivity index (χ4v) is 4.24. The van der Waals surface area contributed by atoms with Gasteiger partial charge in [-0.3, -0.25) is 0 Å². The van der Waals surface area contributed by atoms with Gasteiger partial charge in [-0.2, -0.15) is 0 Å². The first-order valence-electron chi connectivity index (χ1n) is 6.79. The van der Waals surface area contributed by atoms with E-state index in [9.17, 15) is 8.42 Å². The van der Waals surface area contributed by atoms with Crippen molar-refractivity contribution in [2.75, 3.05) is 12.3 Å². The summed E-state index contributed by atoms with van der Waals surface area (Å²) < 4.78 is 27.5. The molecule has 0 atom stereocenters. The molecule has 0 heterocycles. The Hall–Kier alpha value is -1.07. The Labute approximate surface area is 114 Å². The number of anilines is 1. The van der Waals surface area contributed by atoms with Crippen LogP contribution in [0, 0.1) is 18.3 Å². The van der Waals surface area contributed by atoms with Crippen molar-refractivity contribution in [1.29, 1.82) is 0 Å². The van der Waals surface area contributed by atoms with Gasteiger partial charge in [0.05, 0.1) is 4.90 Å². The second-order valence-corrected chi connectivity index (χ2v) is 7.67. The first-order chi connectivity index (χ1) is 8.95. The van der Waals surface area contributed by atoms with Crippen LogP contribution in [0.3, 0.4) is 0 Å². The SMILES string of the molecule is Cc1c(N)cccc1S(=O)(=O)NCC1(C2CC2)CC1. The lowest BCUT2D eigenvalue weighted by atomic mass is 10.0. The molecule has 3 rings (SSSR count). The zero-order valence-electron chi connectivity index (χ0n) is 11.1. The molecule has 1 aromatic rings. The molecule has 1 aromatic carbocycles. The molecule has 0 spiro atoms. The predicted octanol–water partition coefficient (Wildman–Crippen LogP) is 2.05. The first-order valence-corrected chi connectivity index (χ1v) is 8.28. The van der Waals surface area contributed by atoms with Gasteiger partial charge in [0, 0.05) is 12.2 Å². The van der Waals surface area contributed by atoms with E-state index in [0.29, 0.717) is 22.7 Å². The number of rotatable bonds is 5. The van der Waals surface area contributed by atoms with Crippen molar-refractivity contribution < 1.29 is 8.42 Å². The highest BCUT2D eigenvalue weighted by Crippen LogP contribution is 2.60. The van der Waals surface area contributed by atoms with Crippen LogP contribution in [-0.2, 0) is 10.0 Å². The van der Waals surface area contributed by atoms with Crippen molar-refractivity contribution in [1.82, 2.24) is 4.72 Å². The summed E-state index contributed by atoms with van der Waals surface area (Å²) in [6.45, 7) is 2.33. The van der Waals surface area contributed by atoms with Crippen molar-refractivity contribution in [3.8, 4) is 0 Å². The third-order valence-electron chi connectivity index (χ3n) is 4.57. The molecular formula is C14H20N2O2S. The number of hydrogen-bond donors (Lipinski definition) is 2. The van der Waals surface area contributed by atoms with Crippen molar-refractivity contribution >= 4 is 15.7 Å². The lowest BCUT2D eigenvalue weighted by Gasteiger charge is -2.16. The van der Waals surface area contributed by atoms with E-state index in [0.717, 1.165) is 18.8 Å². The van der Waals surface area contributed by atoms with Crippen LogP contribution in [0.4, 0.5) is 5.69 Å². The van der Waals surface area contributed by atoms with Crippen molar-refractivity contribution in [3.63, 3.8) is 0 Å². The topological polar surface area (TPSA) is 72.2 Å². The smallest absolute Gasteiger partial charge is 0.240 e. The Morgan fingerprint density at radius 2 is 2.05 bits per heavy atom. The van der Waals surface area contributed by atoms with E-state index in [4.69, 9.17) is 5.73 Å². The van der Waals surface area contributed by atoms with Crippen molar-refractivity contribution in [3.05, 3.63) is 23.8 Å². The zero-order chi connectivity index (χ0) is 13.7. The summed E-state index contributed by atoms with van der Waals surface area (Å²) in [6.07, 6.45) is 4.85. The minimum absolute atomic E-state index is 0.265. The molecule has 5 heteroatoms. The summed E-state index contributed by atoms with van der Waals surface area (Å²) in [5, 5.41) is 0. The second kappa shape index (κ2) is 4.21. The molecule has 0 unspecified atom stereocenters. The molecule has 3 N–H and O–H groups in total. The number of nitrogens with two attached hydrogens (primary N) is 1. The normalized spacial score (nSPS) is 21.3. The summed E-state index contributed by atoms with van der Waals surface area (Å²) in [5.74, 6) is 0.747. The summed E-state index contributed by atoms with van der Waals surface area (Å²) in [5.41, 5.74) is 7.19. The van der Waals surface area contributed by atoms with E-state index < -0.39 is 10.0 Å². The Bertz CT molecular complexity index is 602. The quantitative estimate of drug-likeness (QED) is 0.811. The molecule has 0 aliphatic heterocycles. The van der Waals surface area contributed by atoms with Gasteiger partial charge in [-0.25, -0.2) is 13.1 Å². The van der Waals surface area contributed by atoms with Gasteiger partial charge in [-0.05, 0) is 61.6 Å². The minimum Gasteiger partial charge on any atom is -0.398 e. The maximum atomic E-state index is 12.4. The molecule has 0 radical (unpaired) electrons. The molecule has 4 nitrogen and oxygen atoms in total. The van der Waals surface area contributed by atoms with Crippen LogP contribution in [0.15, 0.2) is 23.1 Å². The van der Waals surface area contributed by atoms with Crippen LogP contribution in [-0.4, -0.2) is 15.0 Å². The van der Waals surface area contributed by atoms with Gasteiger partial charge < -0.3 is 5.73 Å². The van der Waals surface area contributed by atoms with E-state index in [1.54, 1.807) is 25.1 Å². The van der Waals surface area contributed by atoms with Gasteiger partial charge in [0.15, 0.2) is 0 Å². The van der Waals surface area contributed by atoms with Gasteiger partial charge in [0.2, 0.25) is 10.0 Å². The summed E-state index contributed by atoms with van der Waals surface area (Å²) in [4.78, 5) is 0.305. The fourth-order valence-electron chi connectivity index (χ4n) is 2.82.